The van der Waals surface area contributed by atoms with Crippen molar-refractivity contribution in [3.8, 4) is 43.8 Å². The lowest BCUT2D eigenvalue weighted by molar-refractivity contribution is 0.667. The lowest BCUT2D eigenvalue weighted by Crippen LogP contribution is -2.28. The van der Waals surface area contributed by atoms with E-state index in [1.54, 1.807) is 0 Å². The van der Waals surface area contributed by atoms with Crippen molar-refractivity contribution in [3.05, 3.63) is 258 Å². The fraction of sp³-hybridized carbons (Fsp3) is 0.0667. The SMILES string of the molecule is CC1(C)c2ccc(-c3ccc(N(c4ccc(-c5ccccc5)cc4)c4ccc5c(c4)C(c4ccccc4)(c4ccccc4)c4ccccc4-5)cc3)cc2-c2sc3ccccc3c21. The van der Waals surface area contributed by atoms with Crippen LogP contribution in [0, 0.1) is 0 Å². The van der Waals surface area contributed by atoms with Crippen molar-refractivity contribution in [2.24, 2.45) is 0 Å². The summed E-state index contributed by atoms with van der Waals surface area (Å²) in [6, 6.07) is 83.1. The second-order valence-corrected chi connectivity index (χ2v) is 18.3. The zero-order valence-corrected chi connectivity index (χ0v) is 35.5. The average Bonchev–Trinajstić information content (AvgIpc) is 3.95. The van der Waals surface area contributed by atoms with E-state index in [1.807, 2.05) is 11.3 Å². The molecular formula is C60H43NS. The lowest BCUT2D eigenvalue weighted by Gasteiger charge is -2.35. The number of thiophene rings is 1. The number of rotatable bonds is 7. The second kappa shape index (κ2) is 14.2. The summed E-state index contributed by atoms with van der Waals surface area (Å²) in [6.07, 6.45) is 0. The quantitative estimate of drug-likeness (QED) is 0.155. The molecule has 0 atom stereocenters. The number of benzene rings is 9. The average molecular weight is 810 g/mol. The van der Waals surface area contributed by atoms with E-state index in [9.17, 15) is 0 Å². The molecule has 1 nitrogen and oxygen atoms in total. The summed E-state index contributed by atoms with van der Waals surface area (Å²) in [5, 5.41) is 1.39. The normalized spacial score (nSPS) is 13.9. The Balaban J connectivity index is 1.01. The Morgan fingerprint density at radius 1 is 0.371 bits per heavy atom. The predicted molar refractivity (Wildman–Crippen MR) is 262 cm³/mol. The third-order valence-corrected chi connectivity index (χ3v) is 14.8. The van der Waals surface area contributed by atoms with E-state index in [2.05, 4.69) is 243 Å². The molecule has 2 aliphatic rings. The van der Waals surface area contributed by atoms with Crippen molar-refractivity contribution < 1.29 is 0 Å². The third kappa shape index (κ3) is 5.46. The van der Waals surface area contributed by atoms with Crippen molar-refractivity contribution in [3.63, 3.8) is 0 Å². The van der Waals surface area contributed by atoms with Crippen molar-refractivity contribution in [2.45, 2.75) is 24.7 Å². The maximum absolute atomic E-state index is 2.46. The second-order valence-electron chi connectivity index (χ2n) is 17.2. The van der Waals surface area contributed by atoms with Gasteiger partial charge in [0.05, 0.1) is 5.41 Å². The van der Waals surface area contributed by atoms with Gasteiger partial charge in [0, 0.05) is 32.1 Å². The molecule has 0 fully saturated rings. The first-order valence-corrected chi connectivity index (χ1v) is 22.4. The van der Waals surface area contributed by atoms with Crippen LogP contribution in [0.4, 0.5) is 17.1 Å². The summed E-state index contributed by atoms with van der Waals surface area (Å²) in [7, 11) is 0. The van der Waals surface area contributed by atoms with Crippen LogP contribution in [0.1, 0.15) is 47.2 Å². The molecule has 294 valence electrons. The monoisotopic (exact) mass is 809 g/mol. The van der Waals surface area contributed by atoms with Gasteiger partial charge >= 0.3 is 0 Å². The van der Waals surface area contributed by atoms with Crippen LogP contribution < -0.4 is 4.90 Å². The summed E-state index contributed by atoms with van der Waals surface area (Å²) in [5.74, 6) is 0. The molecule has 0 N–H and O–H groups in total. The van der Waals surface area contributed by atoms with Crippen LogP contribution in [0.5, 0.6) is 0 Å². The standard InChI is InChI=1S/C60H43NS/c1-59(2)53-37-30-43(38-52(53)58-57(59)51-23-13-15-25-56(51)62-58)42-28-33-47(34-29-42)61(46-31-26-41(27-32-46)40-16-6-3-7-17-40)48-35-36-50-49-22-12-14-24-54(49)60(55(50)39-48,44-18-8-4-9-19-44)45-20-10-5-11-21-45/h3-39H,1-2H3. The number of fused-ring (bicyclic) bond motifs is 8. The van der Waals surface area contributed by atoms with E-state index in [1.165, 1.54) is 87.3 Å². The molecule has 0 bridgehead atoms. The topological polar surface area (TPSA) is 3.24 Å². The first-order valence-electron chi connectivity index (χ1n) is 21.6. The molecule has 1 heterocycles. The molecule has 0 radical (unpaired) electrons. The molecule has 12 rings (SSSR count). The van der Waals surface area contributed by atoms with Crippen LogP contribution in [0.25, 0.3) is 53.9 Å². The zero-order chi connectivity index (χ0) is 41.4. The van der Waals surface area contributed by atoms with E-state index in [0.29, 0.717) is 0 Å². The number of hydrogen-bond donors (Lipinski definition) is 0. The van der Waals surface area contributed by atoms with Crippen molar-refractivity contribution in [1.82, 2.24) is 0 Å². The molecule has 0 unspecified atom stereocenters. The number of hydrogen-bond acceptors (Lipinski definition) is 2. The van der Waals surface area contributed by atoms with Crippen LogP contribution >= 0.6 is 11.3 Å². The molecule has 62 heavy (non-hydrogen) atoms. The van der Waals surface area contributed by atoms with Gasteiger partial charge in [-0.1, -0.05) is 190 Å². The van der Waals surface area contributed by atoms with Crippen molar-refractivity contribution in [2.75, 3.05) is 4.90 Å². The van der Waals surface area contributed by atoms with Gasteiger partial charge in [-0.25, -0.2) is 0 Å². The minimum Gasteiger partial charge on any atom is -0.310 e. The molecule has 9 aromatic carbocycles. The minimum atomic E-state index is -0.492. The first kappa shape index (κ1) is 36.6. The largest absolute Gasteiger partial charge is 0.310 e. The van der Waals surface area contributed by atoms with Crippen LogP contribution in [0.15, 0.2) is 224 Å². The molecule has 10 aromatic rings. The first-order chi connectivity index (χ1) is 30.5. The van der Waals surface area contributed by atoms with Crippen LogP contribution in [0.3, 0.4) is 0 Å². The summed E-state index contributed by atoms with van der Waals surface area (Å²) in [5.41, 5.74) is 19.6. The summed E-state index contributed by atoms with van der Waals surface area (Å²) < 4.78 is 1.36. The van der Waals surface area contributed by atoms with Gasteiger partial charge in [0.15, 0.2) is 0 Å². The van der Waals surface area contributed by atoms with Crippen LogP contribution in [0.2, 0.25) is 0 Å². The van der Waals surface area contributed by atoms with E-state index >= 15 is 0 Å². The third-order valence-electron chi connectivity index (χ3n) is 13.5. The van der Waals surface area contributed by atoms with Crippen molar-refractivity contribution >= 4 is 38.5 Å². The predicted octanol–water partition coefficient (Wildman–Crippen LogP) is 16.4. The van der Waals surface area contributed by atoms with Crippen LogP contribution in [-0.2, 0) is 10.8 Å². The molecule has 0 amide bonds. The van der Waals surface area contributed by atoms with Gasteiger partial charge in [0.1, 0.15) is 0 Å². The minimum absolute atomic E-state index is 0.0426. The number of anilines is 3. The Kier molecular flexibility index (Phi) is 8.36. The summed E-state index contributed by atoms with van der Waals surface area (Å²) in [6.45, 7) is 4.77. The molecule has 0 spiro atoms. The van der Waals surface area contributed by atoms with Gasteiger partial charge in [0.25, 0.3) is 0 Å². The molecule has 2 aliphatic carbocycles. The Bertz CT molecular complexity index is 3250. The summed E-state index contributed by atoms with van der Waals surface area (Å²) >= 11 is 1.93. The van der Waals surface area contributed by atoms with Gasteiger partial charge in [0.2, 0.25) is 0 Å². The van der Waals surface area contributed by atoms with E-state index in [-0.39, 0.29) is 5.41 Å². The molecule has 2 heteroatoms. The zero-order valence-electron chi connectivity index (χ0n) is 34.7. The maximum atomic E-state index is 2.46. The van der Waals surface area contributed by atoms with Crippen LogP contribution in [-0.4, -0.2) is 0 Å². The van der Waals surface area contributed by atoms with Gasteiger partial charge < -0.3 is 4.90 Å². The summed E-state index contributed by atoms with van der Waals surface area (Å²) in [4.78, 5) is 3.84. The molecule has 1 aromatic heterocycles. The molecular weight excluding hydrogens is 767 g/mol. The lowest BCUT2D eigenvalue weighted by atomic mass is 9.67. The highest BCUT2D eigenvalue weighted by molar-refractivity contribution is 7.22. The fourth-order valence-corrected chi connectivity index (χ4v) is 12.1. The van der Waals surface area contributed by atoms with E-state index in [4.69, 9.17) is 0 Å². The smallest absolute Gasteiger partial charge is 0.0714 e. The highest BCUT2D eigenvalue weighted by Crippen LogP contribution is 2.58. The highest BCUT2D eigenvalue weighted by atomic mass is 32.1. The van der Waals surface area contributed by atoms with E-state index < -0.39 is 5.41 Å². The highest BCUT2D eigenvalue weighted by Gasteiger charge is 2.46. The van der Waals surface area contributed by atoms with Gasteiger partial charge in [-0.15, -0.1) is 11.3 Å². The van der Waals surface area contributed by atoms with Crippen molar-refractivity contribution in [1.29, 1.82) is 0 Å². The van der Waals surface area contributed by atoms with E-state index in [0.717, 1.165) is 17.1 Å². The van der Waals surface area contributed by atoms with Gasteiger partial charge in [-0.3, -0.25) is 0 Å². The Labute approximate surface area is 367 Å². The van der Waals surface area contributed by atoms with Gasteiger partial charge in [-0.2, -0.15) is 0 Å². The Morgan fingerprint density at radius 2 is 0.887 bits per heavy atom. The Morgan fingerprint density at radius 3 is 1.56 bits per heavy atom. The molecule has 0 saturated heterocycles. The van der Waals surface area contributed by atoms with Gasteiger partial charge in [-0.05, 0) is 126 Å². The molecule has 0 aliphatic heterocycles. The molecule has 0 saturated carbocycles. The Hall–Kier alpha value is -7.26. The maximum Gasteiger partial charge on any atom is 0.0714 e. The number of nitrogens with zero attached hydrogens (tertiary/aromatic N) is 1. The fourth-order valence-electron chi connectivity index (χ4n) is 10.7.